The molecule has 34 heavy (non-hydrogen) atoms. The molecule has 174 valence electrons. The Morgan fingerprint density at radius 3 is 2.32 bits per heavy atom. The molecule has 0 radical (unpaired) electrons. The van der Waals surface area contributed by atoms with Crippen molar-refractivity contribution in [3.63, 3.8) is 0 Å². The molecule has 3 aromatic rings. The summed E-state index contributed by atoms with van der Waals surface area (Å²) in [7, 11) is 0. The number of hydrogen-bond acceptors (Lipinski definition) is 6. The molecule has 1 saturated carbocycles. The van der Waals surface area contributed by atoms with Crippen molar-refractivity contribution in [1.82, 2.24) is 15.6 Å². The van der Waals surface area contributed by atoms with Crippen LogP contribution < -0.4 is 10.6 Å². The number of benzene rings is 2. The van der Waals surface area contributed by atoms with Crippen molar-refractivity contribution in [2.45, 2.75) is 31.3 Å². The van der Waals surface area contributed by atoms with Crippen LogP contribution in [0.1, 0.15) is 46.1 Å². The Hall–Kier alpha value is -4.14. The molecule has 1 unspecified atom stereocenters. The highest BCUT2D eigenvalue weighted by atomic mass is 16.5. The number of nitrogens with zero attached hydrogens (tertiary/aromatic N) is 1. The third-order valence-electron chi connectivity index (χ3n) is 6.24. The van der Waals surface area contributed by atoms with Crippen LogP contribution in [0.25, 0.3) is 11.1 Å². The fourth-order valence-electron chi connectivity index (χ4n) is 4.40. The normalized spacial score (nSPS) is 15.2. The van der Waals surface area contributed by atoms with Gasteiger partial charge in [0.05, 0.1) is 6.54 Å². The van der Waals surface area contributed by atoms with E-state index in [2.05, 4.69) is 27.8 Å². The van der Waals surface area contributed by atoms with Crippen molar-refractivity contribution in [2.75, 3.05) is 6.61 Å². The Balaban J connectivity index is 1.19. The second kappa shape index (κ2) is 9.01. The number of aliphatic carboxylic acids is 1. The van der Waals surface area contributed by atoms with E-state index < -0.39 is 24.0 Å². The van der Waals surface area contributed by atoms with Gasteiger partial charge in [-0.3, -0.25) is 4.79 Å². The second-order valence-electron chi connectivity index (χ2n) is 8.43. The number of aromatic nitrogens is 1. The zero-order valence-electron chi connectivity index (χ0n) is 18.2. The van der Waals surface area contributed by atoms with Gasteiger partial charge in [-0.1, -0.05) is 48.5 Å². The first-order chi connectivity index (χ1) is 16.5. The van der Waals surface area contributed by atoms with E-state index >= 15 is 0 Å². The molecule has 1 fully saturated rings. The zero-order valence-corrected chi connectivity index (χ0v) is 18.2. The number of nitrogens with one attached hydrogen (secondary N) is 2. The molecular formula is C25H23N3O6. The summed E-state index contributed by atoms with van der Waals surface area (Å²) in [5, 5.41) is 14.4. The average Bonchev–Trinajstić information content (AvgIpc) is 3.48. The predicted octanol–water partition coefficient (Wildman–Crippen LogP) is 3.31. The summed E-state index contributed by atoms with van der Waals surface area (Å²) < 4.78 is 10.7. The molecule has 1 heterocycles. The van der Waals surface area contributed by atoms with Crippen LogP contribution in [0.5, 0.6) is 0 Å². The van der Waals surface area contributed by atoms with E-state index in [-0.39, 0.29) is 36.4 Å². The summed E-state index contributed by atoms with van der Waals surface area (Å²) >= 11 is 0. The Bertz CT molecular complexity index is 1200. The highest BCUT2D eigenvalue weighted by molar-refractivity contribution is 5.96. The van der Waals surface area contributed by atoms with Gasteiger partial charge in [-0.25, -0.2) is 14.6 Å². The minimum atomic E-state index is -1.09. The van der Waals surface area contributed by atoms with Crippen LogP contribution in [0.2, 0.25) is 0 Å². The molecule has 9 nitrogen and oxygen atoms in total. The number of ether oxygens (including phenoxy) is 1. The SMILES string of the molecule is O=C(NCc1ocnc1C(=O)NC(C(=O)O)C1CC1)OCC1c2ccccc2-c2ccccc21. The monoisotopic (exact) mass is 461 g/mol. The maximum atomic E-state index is 12.5. The van der Waals surface area contributed by atoms with Gasteiger partial charge < -0.3 is 24.9 Å². The lowest BCUT2D eigenvalue weighted by Gasteiger charge is -2.14. The minimum Gasteiger partial charge on any atom is -0.480 e. The summed E-state index contributed by atoms with van der Waals surface area (Å²) in [5.41, 5.74) is 4.42. The standard InChI is InChI=1S/C25H23N3O6/c29-23(28-21(24(30)31)14-9-10-14)22-20(34-13-27-22)11-26-25(32)33-12-19-17-7-3-1-5-15(17)16-6-2-4-8-18(16)19/h1-8,13-14,19,21H,9-12H2,(H,26,32)(H,28,29)(H,30,31). The topological polar surface area (TPSA) is 131 Å². The van der Waals surface area contributed by atoms with Crippen LogP contribution in [0, 0.1) is 5.92 Å². The lowest BCUT2D eigenvalue weighted by Crippen LogP contribution is -2.42. The Morgan fingerprint density at radius 1 is 1.06 bits per heavy atom. The van der Waals surface area contributed by atoms with Gasteiger partial charge >= 0.3 is 12.1 Å². The lowest BCUT2D eigenvalue weighted by molar-refractivity contribution is -0.139. The molecule has 1 atom stereocenters. The summed E-state index contributed by atoms with van der Waals surface area (Å²) in [6, 6.07) is 15.1. The van der Waals surface area contributed by atoms with Crippen LogP contribution in [0.4, 0.5) is 4.79 Å². The molecule has 2 aliphatic rings. The van der Waals surface area contributed by atoms with Crippen LogP contribution in [-0.2, 0) is 16.1 Å². The van der Waals surface area contributed by atoms with Crippen molar-refractivity contribution in [1.29, 1.82) is 0 Å². The number of carboxylic acids is 1. The van der Waals surface area contributed by atoms with E-state index in [0.717, 1.165) is 41.5 Å². The second-order valence-corrected chi connectivity index (χ2v) is 8.43. The van der Waals surface area contributed by atoms with E-state index in [9.17, 15) is 19.5 Å². The molecule has 9 heteroatoms. The van der Waals surface area contributed by atoms with E-state index in [1.807, 2.05) is 36.4 Å². The predicted molar refractivity (Wildman–Crippen MR) is 120 cm³/mol. The minimum absolute atomic E-state index is 0.0640. The van der Waals surface area contributed by atoms with E-state index in [0.29, 0.717) is 0 Å². The van der Waals surface area contributed by atoms with E-state index in [1.165, 1.54) is 0 Å². The van der Waals surface area contributed by atoms with Gasteiger partial charge in [0.2, 0.25) is 0 Å². The van der Waals surface area contributed by atoms with Gasteiger partial charge in [-0.05, 0) is 41.0 Å². The van der Waals surface area contributed by atoms with Crippen molar-refractivity contribution in [3.05, 3.63) is 77.5 Å². The quantitative estimate of drug-likeness (QED) is 0.469. The van der Waals surface area contributed by atoms with Gasteiger partial charge in [0.1, 0.15) is 12.6 Å². The number of carbonyl (C=O) groups excluding carboxylic acids is 2. The molecule has 5 rings (SSSR count). The van der Waals surface area contributed by atoms with E-state index in [4.69, 9.17) is 9.15 Å². The number of carbonyl (C=O) groups is 3. The van der Waals surface area contributed by atoms with Gasteiger partial charge in [0.15, 0.2) is 17.8 Å². The summed E-state index contributed by atoms with van der Waals surface area (Å²) in [6.07, 6.45) is 1.93. The van der Waals surface area contributed by atoms with Crippen LogP contribution in [0.3, 0.4) is 0 Å². The number of carboxylic acid groups (broad SMARTS) is 1. The van der Waals surface area contributed by atoms with Crippen LogP contribution in [-0.4, -0.2) is 40.7 Å². The summed E-state index contributed by atoms with van der Waals surface area (Å²) in [4.78, 5) is 40.2. The molecule has 0 aliphatic heterocycles. The van der Waals surface area contributed by atoms with E-state index in [1.54, 1.807) is 0 Å². The van der Waals surface area contributed by atoms with Crippen molar-refractivity contribution < 1.29 is 28.6 Å². The van der Waals surface area contributed by atoms with Crippen molar-refractivity contribution in [2.24, 2.45) is 5.92 Å². The number of hydrogen-bond donors (Lipinski definition) is 3. The third-order valence-corrected chi connectivity index (χ3v) is 6.24. The van der Waals surface area contributed by atoms with Crippen LogP contribution >= 0.6 is 0 Å². The number of alkyl carbamates (subject to hydrolysis) is 1. The fourth-order valence-corrected chi connectivity index (χ4v) is 4.40. The van der Waals surface area contributed by atoms with Crippen LogP contribution in [0.15, 0.2) is 59.3 Å². The molecule has 2 aliphatic carbocycles. The Morgan fingerprint density at radius 2 is 1.71 bits per heavy atom. The maximum absolute atomic E-state index is 12.5. The largest absolute Gasteiger partial charge is 0.480 e. The summed E-state index contributed by atoms with van der Waals surface area (Å²) in [5.74, 6) is -1.77. The maximum Gasteiger partial charge on any atom is 0.407 e. The average molecular weight is 461 g/mol. The van der Waals surface area contributed by atoms with Gasteiger partial charge in [0, 0.05) is 5.92 Å². The first kappa shape index (κ1) is 21.7. The molecule has 2 aromatic carbocycles. The van der Waals surface area contributed by atoms with Crippen molar-refractivity contribution >= 4 is 18.0 Å². The number of fused-ring (bicyclic) bond motifs is 3. The molecule has 0 spiro atoms. The summed E-state index contributed by atoms with van der Waals surface area (Å²) in [6.45, 7) is 0.0336. The molecule has 0 saturated heterocycles. The Labute approximate surface area is 195 Å². The zero-order chi connectivity index (χ0) is 23.7. The highest BCUT2D eigenvalue weighted by Gasteiger charge is 2.38. The van der Waals surface area contributed by atoms with Crippen molar-refractivity contribution in [3.8, 4) is 11.1 Å². The molecule has 1 aromatic heterocycles. The molecule has 2 amide bonds. The number of rotatable bonds is 8. The first-order valence-electron chi connectivity index (χ1n) is 11.1. The molecule has 0 bridgehead atoms. The Kier molecular flexibility index (Phi) is 5.75. The molecule has 3 N–H and O–H groups in total. The highest BCUT2D eigenvalue weighted by Crippen LogP contribution is 2.44. The smallest absolute Gasteiger partial charge is 0.407 e. The fraction of sp³-hybridized carbons (Fsp3) is 0.280. The van der Waals surface area contributed by atoms with Gasteiger partial charge in [0.25, 0.3) is 5.91 Å². The number of amides is 2. The first-order valence-corrected chi connectivity index (χ1v) is 11.1. The third kappa shape index (κ3) is 4.24. The number of oxazole rings is 1. The van der Waals surface area contributed by atoms with Gasteiger partial charge in [-0.15, -0.1) is 0 Å². The molecular weight excluding hydrogens is 438 g/mol. The van der Waals surface area contributed by atoms with Gasteiger partial charge in [-0.2, -0.15) is 0 Å². The lowest BCUT2D eigenvalue weighted by atomic mass is 9.98.